The second-order valence-corrected chi connectivity index (χ2v) is 7.84. The predicted molar refractivity (Wildman–Crippen MR) is 127 cm³/mol. The summed E-state index contributed by atoms with van der Waals surface area (Å²) in [6.45, 7) is 0.408. The van der Waals surface area contributed by atoms with Gasteiger partial charge in [0.1, 0.15) is 23.5 Å². The zero-order valence-electron chi connectivity index (χ0n) is 18.1. The van der Waals surface area contributed by atoms with Crippen LogP contribution in [0.15, 0.2) is 79.3 Å². The van der Waals surface area contributed by atoms with Crippen molar-refractivity contribution < 1.29 is 4.79 Å². The molecule has 0 saturated carbocycles. The number of nitrogen functional groups attached to an aromatic ring is 1. The van der Waals surface area contributed by atoms with Gasteiger partial charge in [0, 0.05) is 37.6 Å². The lowest BCUT2D eigenvalue weighted by molar-refractivity contribution is 0.0945. The van der Waals surface area contributed by atoms with Gasteiger partial charge in [-0.2, -0.15) is 5.10 Å². The van der Waals surface area contributed by atoms with Crippen LogP contribution in [-0.4, -0.2) is 30.2 Å². The number of rotatable bonds is 6. The van der Waals surface area contributed by atoms with Crippen molar-refractivity contribution in [1.29, 1.82) is 0 Å². The Kier molecular flexibility index (Phi) is 5.32. The smallest absolute Gasteiger partial charge is 0.272 e. The molecule has 0 aliphatic carbocycles. The van der Waals surface area contributed by atoms with Crippen molar-refractivity contribution in [2.24, 2.45) is 7.05 Å². The number of hydrogen-bond acceptors (Lipinski definition) is 5. The summed E-state index contributed by atoms with van der Waals surface area (Å²) >= 11 is 0. The van der Waals surface area contributed by atoms with Gasteiger partial charge in [-0.25, -0.2) is 9.97 Å². The van der Waals surface area contributed by atoms with Gasteiger partial charge in [0.2, 0.25) is 0 Å². The Bertz CT molecular complexity index is 1420. The standard InChI is InChI=1S/C25H23N7O/c1-31-20(13-17-5-3-2-4-6-17)14-22(30-31)25(33)27-15-18-7-9-19(10-8-18)32-12-11-21-23(26)28-16-29-24(21)32/h2-12,14,16H,13,15H2,1H3,(H,27,33)(H2,26,28,29). The van der Waals surface area contributed by atoms with E-state index in [1.54, 1.807) is 4.68 Å². The molecule has 8 heteroatoms. The fourth-order valence-corrected chi connectivity index (χ4v) is 3.81. The number of nitrogens with two attached hydrogens (primary N) is 1. The van der Waals surface area contributed by atoms with Crippen molar-refractivity contribution in [3.63, 3.8) is 0 Å². The average Bonchev–Trinajstić information content (AvgIpc) is 3.43. The molecule has 5 rings (SSSR count). The average molecular weight is 438 g/mol. The maximum atomic E-state index is 12.7. The molecule has 5 aromatic rings. The van der Waals surface area contributed by atoms with Crippen molar-refractivity contribution >= 4 is 22.8 Å². The number of anilines is 1. The molecular weight excluding hydrogens is 414 g/mol. The number of aryl methyl sites for hydroxylation is 1. The minimum Gasteiger partial charge on any atom is -0.383 e. The Hall–Kier alpha value is -4.46. The topological polar surface area (TPSA) is 104 Å². The summed E-state index contributed by atoms with van der Waals surface area (Å²) in [7, 11) is 1.86. The molecule has 3 aromatic heterocycles. The van der Waals surface area contributed by atoms with Gasteiger partial charge in [-0.05, 0) is 35.4 Å². The lowest BCUT2D eigenvalue weighted by Gasteiger charge is -2.07. The highest BCUT2D eigenvalue weighted by Crippen LogP contribution is 2.22. The molecule has 1 amide bonds. The van der Waals surface area contributed by atoms with E-state index in [-0.39, 0.29) is 5.91 Å². The fraction of sp³-hybridized carbons (Fsp3) is 0.120. The van der Waals surface area contributed by atoms with E-state index < -0.39 is 0 Å². The van der Waals surface area contributed by atoms with Gasteiger partial charge in [-0.15, -0.1) is 0 Å². The van der Waals surface area contributed by atoms with Crippen LogP contribution in [-0.2, 0) is 20.0 Å². The summed E-state index contributed by atoms with van der Waals surface area (Å²) in [4.78, 5) is 21.0. The molecule has 8 nitrogen and oxygen atoms in total. The van der Waals surface area contributed by atoms with Crippen molar-refractivity contribution in [3.05, 3.63) is 102 Å². The molecule has 0 aliphatic rings. The first-order chi connectivity index (χ1) is 16.1. The van der Waals surface area contributed by atoms with Crippen LogP contribution in [0.5, 0.6) is 0 Å². The lowest BCUT2D eigenvalue weighted by atomic mass is 10.1. The van der Waals surface area contributed by atoms with Crippen molar-refractivity contribution in [1.82, 2.24) is 29.6 Å². The summed E-state index contributed by atoms with van der Waals surface area (Å²) in [6.07, 6.45) is 4.10. The molecule has 0 unspecified atom stereocenters. The van der Waals surface area contributed by atoms with Crippen molar-refractivity contribution in [3.8, 4) is 5.69 Å². The molecule has 0 saturated heterocycles. The monoisotopic (exact) mass is 437 g/mol. The first-order valence-electron chi connectivity index (χ1n) is 10.6. The highest BCUT2D eigenvalue weighted by atomic mass is 16.1. The zero-order valence-corrected chi connectivity index (χ0v) is 18.1. The lowest BCUT2D eigenvalue weighted by Crippen LogP contribution is -2.23. The van der Waals surface area contributed by atoms with Gasteiger partial charge in [0.05, 0.1) is 5.39 Å². The summed E-state index contributed by atoms with van der Waals surface area (Å²) in [6, 6.07) is 21.8. The number of benzene rings is 2. The number of nitrogens with zero attached hydrogens (tertiary/aromatic N) is 5. The van der Waals surface area contributed by atoms with E-state index >= 15 is 0 Å². The van der Waals surface area contributed by atoms with Crippen LogP contribution in [0.3, 0.4) is 0 Å². The molecule has 0 aliphatic heterocycles. The predicted octanol–water partition coefficient (Wildman–Crippen LogP) is 3.26. The van der Waals surface area contributed by atoms with E-state index in [0.29, 0.717) is 18.1 Å². The second-order valence-electron chi connectivity index (χ2n) is 7.84. The number of amides is 1. The first kappa shape index (κ1) is 20.4. The Morgan fingerprint density at radius 2 is 1.79 bits per heavy atom. The van der Waals surface area contributed by atoms with Gasteiger partial charge in [0.15, 0.2) is 0 Å². The summed E-state index contributed by atoms with van der Waals surface area (Å²) in [5, 5.41) is 8.15. The van der Waals surface area contributed by atoms with Crippen LogP contribution in [0, 0.1) is 0 Å². The van der Waals surface area contributed by atoms with Crippen LogP contribution in [0.2, 0.25) is 0 Å². The summed E-state index contributed by atoms with van der Waals surface area (Å²) in [5.41, 5.74) is 11.2. The quantitative estimate of drug-likeness (QED) is 0.424. The number of hydrogen-bond donors (Lipinski definition) is 2. The van der Waals surface area contributed by atoms with Gasteiger partial charge in [-0.3, -0.25) is 9.48 Å². The molecule has 2 aromatic carbocycles. The third kappa shape index (κ3) is 4.18. The number of aromatic nitrogens is 5. The van der Waals surface area contributed by atoms with E-state index in [0.717, 1.165) is 34.4 Å². The Morgan fingerprint density at radius 1 is 1.00 bits per heavy atom. The maximum Gasteiger partial charge on any atom is 0.272 e. The Morgan fingerprint density at radius 3 is 2.58 bits per heavy atom. The second kappa shape index (κ2) is 8.58. The summed E-state index contributed by atoms with van der Waals surface area (Å²) in [5.74, 6) is 0.261. The van der Waals surface area contributed by atoms with Crippen LogP contribution < -0.4 is 11.1 Å². The third-order valence-corrected chi connectivity index (χ3v) is 5.62. The highest BCUT2D eigenvalue weighted by Gasteiger charge is 2.13. The third-order valence-electron chi connectivity index (χ3n) is 5.62. The van der Waals surface area contributed by atoms with E-state index in [2.05, 4.69) is 32.5 Å². The number of carbonyl (C=O) groups excluding carboxylic acids is 1. The highest BCUT2D eigenvalue weighted by molar-refractivity contribution is 5.92. The molecule has 164 valence electrons. The van der Waals surface area contributed by atoms with Crippen molar-refractivity contribution in [2.45, 2.75) is 13.0 Å². The number of carbonyl (C=O) groups is 1. The normalized spacial score (nSPS) is 11.1. The van der Waals surface area contributed by atoms with Crippen LogP contribution in [0.25, 0.3) is 16.7 Å². The molecule has 3 N–H and O–H groups in total. The molecule has 0 spiro atoms. The van der Waals surface area contributed by atoms with Crippen LogP contribution >= 0.6 is 0 Å². The van der Waals surface area contributed by atoms with Crippen LogP contribution in [0.4, 0.5) is 5.82 Å². The molecule has 0 bridgehead atoms. The molecule has 33 heavy (non-hydrogen) atoms. The van der Waals surface area contributed by atoms with E-state index in [1.165, 1.54) is 11.9 Å². The molecule has 0 atom stereocenters. The van der Waals surface area contributed by atoms with Crippen molar-refractivity contribution in [2.75, 3.05) is 5.73 Å². The van der Waals surface area contributed by atoms with Gasteiger partial charge < -0.3 is 15.6 Å². The molecule has 0 radical (unpaired) electrons. The zero-order chi connectivity index (χ0) is 22.8. The number of nitrogens with one attached hydrogen (secondary N) is 1. The van der Waals surface area contributed by atoms with Crippen LogP contribution in [0.1, 0.15) is 27.3 Å². The molecular formula is C25H23N7O. The Balaban J connectivity index is 1.25. The molecule has 3 heterocycles. The van der Waals surface area contributed by atoms with Gasteiger partial charge >= 0.3 is 0 Å². The van der Waals surface area contributed by atoms with E-state index in [1.807, 2.05) is 72.4 Å². The molecule has 0 fully saturated rings. The largest absolute Gasteiger partial charge is 0.383 e. The number of fused-ring (bicyclic) bond motifs is 1. The minimum atomic E-state index is -0.197. The van der Waals surface area contributed by atoms with E-state index in [9.17, 15) is 4.79 Å². The van der Waals surface area contributed by atoms with Gasteiger partial charge in [0.25, 0.3) is 5.91 Å². The maximum absolute atomic E-state index is 12.7. The van der Waals surface area contributed by atoms with E-state index in [4.69, 9.17) is 5.73 Å². The first-order valence-corrected chi connectivity index (χ1v) is 10.6. The van der Waals surface area contributed by atoms with Gasteiger partial charge in [-0.1, -0.05) is 42.5 Å². The summed E-state index contributed by atoms with van der Waals surface area (Å²) < 4.78 is 3.71. The SMILES string of the molecule is Cn1nc(C(=O)NCc2ccc(-n3ccc4c(N)ncnc43)cc2)cc1Cc1ccccc1. The minimum absolute atomic E-state index is 0.197. The fourth-order valence-electron chi connectivity index (χ4n) is 3.81. The Labute approximate surface area is 190 Å².